The van der Waals surface area contributed by atoms with E-state index >= 15 is 0 Å². The van der Waals surface area contributed by atoms with Crippen LogP contribution in [0, 0.1) is 6.92 Å². The molecule has 0 fully saturated rings. The van der Waals surface area contributed by atoms with E-state index < -0.39 is 0 Å². The van der Waals surface area contributed by atoms with Crippen LogP contribution in [0.25, 0.3) is 0 Å². The van der Waals surface area contributed by atoms with E-state index in [0.717, 1.165) is 17.9 Å². The Labute approximate surface area is 112 Å². The highest BCUT2D eigenvalue weighted by Crippen LogP contribution is 2.10. The summed E-state index contributed by atoms with van der Waals surface area (Å²) in [4.78, 5) is 14.0. The number of hydrogen-bond donors (Lipinski definition) is 0. The molecule has 0 bridgehead atoms. The third kappa shape index (κ3) is 2.83. The first-order valence-electron chi connectivity index (χ1n) is 6.29. The average molecular weight is 261 g/mol. The van der Waals surface area contributed by atoms with Gasteiger partial charge >= 0.3 is 0 Å². The lowest BCUT2D eigenvalue weighted by molar-refractivity contribution is 0.0782. The van der Waals surface area contributed by atoms with Crippen molar-refractivity contribution in [1.29, 1.82) is 0 Å². The number of amides is 1. The van der Waals surface area contributed by atoms with Gasteiger partial charge in [0.15, 0.2) is 0 Å². The van der Waals surface area contributed by atoms with Crippen molar-refractivity contribution in [2.24, 2.45) is 7.05 Å². The third-order valence-corrected chi connectivity index (χ3v) is 3.01. The molecule has 0 atom stereocenters. The maximum absolute atomic E-state index is 12.3. The zero-order valence-corrected chi connectivity index (χ0v) is 11.8. The molecular weight excluding hydrogens is 242 g/mol. The molecule has 0 N–H and O–H groups in total. The van der Waals surface area contributed by atoms with Crippen LogP contribution in [0.4, 0.5) is 0 Å². The number of hydrogen-bond acceptors (Lipinski definition) is 3. The molecule has 0 unspecified atom stereocenters. The van der Waals surface area contributed by atoms with Gasteiger partial charge in [-0.3, -0.25) is 14.2 Å². The van der Waals surface area contributed by atoms with Crippen LogP contribution in [-0.2, 0) is 20.1 Å². The Hall–Kier alpha value is -2.11. The molecule has 0 spiro atoms. The van der Waals surface area contributed by atoms with Crippen molar-refractivity contribution < 1.29 is 4.79 Å². The molecule has 6 heteroatoms. The fraction of sp³-hybridized carbons (Fsp3) is 0.462. The van der Waals surface area contributed by atoms with Gasteiger partial charge in [-0.1, -0.05) is 0 Å². The van der Waals surface area contributed by atoms with Gasteiger partial charge < -0.3 is 4.90 Å². The molecule has 1 amide bonds. The highest BCUT2D eigenvalue weighted by molar-refractivity contribution is 5.94. The first-order valence-corrected chi connectivity index (χ1v) is 6.29. The molecule has 0 saturated heterocycles. The Morgan fingerprint density at radius 1 is 1.42 bits per heavy atom. The van der Waals surface area contributed by atoms with Gasteiger partial charge in [0.2, 0.25) is 0 Å². The number of aromatic nitrogens is 4. The lowest BCUT2D eigenvalue weighted by Gasteiger charge is -2.15. The quantitative estimate of drug-likeness (QED) is 0.831. The fourth-order valence-corrected chi connectivity index (χ4v) is 1.99. The number of carbonyl (C=O) groups is 1. The summed E-state index contributed by atoms with van der Waals surface area (Å²) in [7, 11) is 3.59. The lowest BCUT2D eigenvalue weighted by Crippen LogP contribution is -2.26. The predicted molar refractivity (Wildman–Crippen MR) is 71.6 cm³/mol. The minimum absolute atomic E-state index is 0.0309. The summed E-state index contributed by atoms with van der Waals surface area (Å²) in [5.74, 6) is -0.0309. The number of nitrogens with zero attached hydrogens (tertiary/aromatic N) is 5. The SMILES string of the molecule is CCn1ccc(CN(C)C(=O)c2cn(C)nc2C)n1. The number of carbonyl (C=O) groups excluding carboxylic acids is 1. The topological polar surface area (TPSA) is 56.0 Å². The van der Waals surface area contributed by atoms with Gasteiger partial charge in [0.1, 0.15) is 0 Å². The molecule has 0 aromatic carbocycles. The molecule has 19 heavy (non-hydrogen) atoms. The normalized spacial score (nSPS) is 10.7. The highest BCUT2D eigenvalue weighted by atomic mass is 16.2. The summed E-state index contributed by atoms with van der Waals surface area (Å²) in [6.45, 7) is 5.21. The van der Waals surface area contributed by atoms with Gasteiger partial charge in [0.05, 0.1) is 23.5 Å². The summed E-state index contributed by atoms with van der Waals surface area (Å²) in [6.07, 6.45) is 3.67. The van der Waals surface area contributed by atoms with Crippen molar-refractivity contribution in [2.75, 3.05) is 7.05 Å². The lowest BCUT2D eigenvalue weighted by atomic mass is 10.2. The minimum Gasteiger partial charge on any atom is -0.336 e. The molecular formula is C13H19N5O. The molecule has 2 rings (SSSR count). The molecule has 0 aliphatic rings. The van der Waals surface area contributed by atoms with E-state index in [2.05, 4.69) is 10.2 Å². The van der Waals surface area contributed by atoms with Crippen LogP contribution in [0.5, 0.6) is 0 Å². The van der Waals surface area contributed by atoms with Gasteiger partial charge in [-0.15, -0.1) is 0 Å². The molecule has 6 nitrogen and oxygen atoms in total. The second-order valence-electron chi connectivity index (χ2n) is 4.63. The Bertz CT molecular complexity index is 584. The monoisotopic (exact) mass is 261 g/mol. The maximum Gasteiger partial charge on any atom is 0.257 e. The summed E-state index contributed by atoms with van der Waals surface area (Å²) in [5, 5.41) is 8.56. The molecule has 0 radical (unpaired) electrons. The Kier molecular flexibility index (Phi) is 3.69. The molecule has 0 aliphatic carbocycles. The van der Waals surface area contributed by atoms with Gasteiger partial charge in [0, 0.05) is 33.0 Å². The molecule has 102 valence electrons. The average Bonchev–Trinajstić information content (AvgIpc) is 2.94. The van der Waals surface area contributed by atoms with Crippen molar-refractivity contribution >= 4 is 5.91 Å². The summed E-state index contributed by atoms with van der Waals surface area (Å²) in [5.41, 5.74) is 2.28. The number of rotatable bonds is 4. The smallest absolute Gasteiger partial charge is 0.257 e. The van der Waals surface area contributed by atoms with Crippen molar-refractivity contribution in [3.8, 4) is 0 Å². The van der Waals surface area contributed by atoms with Crippen LogP contribution >= 0.6 is 0 Å². The van der Waals surface area contributed by atoms with E-state index in [-0.39, 0.29) is 5.91 Å². The molecule has 2 heterocycles. The Morgan fingerprint density at radius 3 is 2.68 bits per heavy atom. The summed E-state index contributed by atoms with van der Waals surface area (Å²) < 4.78 is 3.51. The second-order valence-corrected chi connectivity index (χ2v) is 4.63. The predicted octanol–water partition coefficient (Wildman–Crippen LogP) is 1.22. The molecule has 2 aromatic rings. The molecule has 0 aliphatic heterocycles. The summed E-state index contributed by atoms with van der Waals surface area (Å²) >= 11 is 0. The van der Waals surface area contributed by atoms with Gasteiger partial charge in [0.25, 0.3) is 5.91 Å². The van der Waals surface area contributed by atoms with Gasteiger partial charge in [-0.05, 0) is 19.9 Å². The van der Waals surface area contributed by atoms with Gasteiger partial charge in [-0.2, -0.15) is 10.2 Å². The van der Waals surface area contributed by atoms with Crippen LogP contribution in [0.1, 0.15) is 28.7 Å². The first-order chi connectivity index (χ1) is 9.01. The highest BCUT2D eigenvalue weighted by Gasteiger charge is 2.17. The van der Waals surface area contributed by atoms with E-state index in [1.54, 1.807) is 22.8 Å². The maximum atomic E-state index is 12.3. The van der Waals surface area contributed by atoms with E-state index in [9.17, 15) is 4.79 Å². The van der Waals surface area contributed by atoms with Crippen molar-refractivity contribution in [2.45, 2.75) is 26.9 Å². The zero-order chi connectivity index (χ0) is 14.0. The van der Waals surface area contributed by atoms with Crippen molar-refractivity contribution in [3.63, 3.8) is 0 Å². The largest absolute Gasteiger partial charge is 0.336 e. The minimum atomic E-state index is -0.0309. The van der Waals surface area contributed by atoms with E-state index in [1.165, 1.54) is 0 Å². The first kappa shape index (κ1) is 13.3. The van der Waals surface area contributed by atoms with Crippen molar-refractivity contribution in [1.82, 2.24) is 24.5 Å². The third-order valence-electron chi connectivity index (χ3n) is 3.01. The van der Waals surface area contributed by atoms with Crippen LogP contribution in [0.2, 0.25) is 0 Å². The van der Waals surface area contributed by atoms with Crippen LogP contribution in [0.3, 0.4) is 0 Å². The van der Waals surface area contributed by atoms with E-state index in [0.29, 0.717) is 12.1 Å². The van der Waals surface area contributed by atoms with Crippen LogP contribution in [0.15, 0.2) is 18.5 Å². The summed E-state index contributed by atoms with van der Waals surface area (Å²) in [6, 6.07) is 1.93. The fourth-order valence-electron chi connectivity index (χ4n) is 1.99. The van der Waals surface area contributed by atoms with E-state index in [4.69, 9.17) is 0 Å². The number of aryl methyl sites for hydroxylation is 3. The van der Waals surface area contributed by atoms with E-state index in [1.807, 2.05) is 37.8 Å². The van der Waals surface area contributed by atoms with Gasteiger partial charge in [-0.25, -0.2) is 0 Å². The van der Waals surface area contributed by atoms with Crippen LogP contribution < -0.4 is 0 Å². The second kappa shape index (κ2) is 5.26. The van der Waals surface area contributed by atoms with Crippen LogP contribution in [-0.4, -0.2) is 37.4 Å². The molecule has 0 saturated carbocycles. The standard InChI is InChI=1S/C13H19N5O/c1-5-18-7-6-11(15-18)8-16(3)13(19)12-9-17(4)14-10(12)2/h6-7,9H,5,8H2,1-4H3. The Balaban J connectivity index is 2.09. The molecule has 2 aromatic heterocycles. The Morgan fingerprint density at radius 2 is 2.16 bits per heavy atom. The zero-order valence-electron chi connectivity index (χ0n) is 11.8. The van der Waals surface area contributed by atoms with Crippen molar-refractivity contribution in [3.05, 3.63) is 35.4 Å².